The van der Waals surface area contributed by atoms with E-state index in [1.165, 1.54) is 13.8 Å². The van der Waals surface area contributed by atoms with Crippen LogP contribution in [0.15, 0.2) is 34.0 Å². The van der Waals surface area contributed by atoms with E-state index in [0.717, 1.165) is 0 Å². The van der Waals surface area contributed by atoms with E-state index in [9.17, 15) is 18.0 Å². The lowest BCUT2D eigenvalue weighted by Gasteiger charge is -2.15. The van der Waals surface area contributed by atoms with Gasteiger partial charge in [0.05, 0.1) is 29.1 Å². The van der Waals surface area contributed by atoms with Crippen LogP contribution in [0.3, 0.4) is 0 Å². The number of aliphatic imine (C=N–C) groups is 1. The number of halogens is 3. The van der Waals surface area contributed by atoms with Crippen LogP contribution in [0.4, 0.5) is 13.2 Å². The van der Waals surface area contributed by atoms with Crippen LogP contribution in [0.2, 0.25) is 0 Å². The molecule has 0 amide bonds. The molecule has 9 heteroatoms. The number of carbonyl (C=O) groups excluding carboxylic acids is 1. The van der Waals surface area contributed by atoms with E-state index < -0.39 is 17.7 Å². The molecule has 2 aromatic rings. The van der Waals surface area contributed by atoms with Gasteiger partial charge in [-0.2, -0.15) is 13.2 Å². The summed E-state index contributed by atoms with van der Waals surface area (Å²) >= 11 is 0. The van der Waals surface area contributed by atoms with E-state index in [1.54, 1.807) is 46.8 Å². The largest absolute Gasteiger partial charge is 0.462 e. The second kappa shape index (κ2) is 8.88. The number of ether oxygens (including phenoxy) is 2. The molecule has 0 aliphatic carbocycles. The van der Waals surface area contributed by atoms with E-state index in [4.69, 9.17) is 9.47 Å². The van der Waals surface area contributed by atoms with Gasteiger partial charge >= 0.3 is 12.1 Å². The molecule has 2 aromatic heterocycles. The normalized spacial score (nSPS) is 15.6. The van der Waals surface area contributed by atoms with E-state index in [0.29, 0.717) is 39.7 Å². The first-order chi connectivity index (χ1) is 15.3. The Bertz CT molecular complexity index is 1200. The van der Waals surface area contributed by atoms with Gasteiger partial charge in [-0.05, 0) is 59.6 Å². The number of nitrogens with one attached hydrogen (secondary N) is 1. The molecule has 0 unspecified atom stereocenters. The maximum Gasteiger partial charge on any atom is 0.418 e. The van der Waals surface area contributed by atoms with Gasteiger partial charge in [-0.15, -0.1) is 0 Å². The summed E-state index contributed by atoms with van der Waals surface area (Å²) in [5.41, 5.74) is 2.11. The third kappa shape index (κ3) is 4.72. The molecule has 0 fully saturated rings. The summed E-state index contributed by atoms with van der Waals surface area (Å²) in [5, 5.41) is 0. The van der Waals surface area contributed by atoms with Gasteiger partial charge in [-0.1, -0.05) is 0 Å². The summed E-state index contributed by atoms with van der Waals surface area (Å²) in [6.07, 6.45) is -4.56. The van der Waals surface area contributed by atoms with Crippen molar-refractivity contribution in [1.82, 2.24) is 9.97 Å². The summed E-state index contributed by atoms with van der Waals surface area (Å²) in [7, 11) is 0. The fraction of sp³-hybridized carbons (Fsp3) is 0.375. The second-order valence-corrected chi connectivity index (χ2v) is 7.91. The van der Waals surface area contributed by atoms with Crippen molar-refractivity contribution in [3.05, 3.63) is 62.9 Å². The van der Waals surface area contributed by atoms with Gasteiger partial charge in [-0.25, -0.2) is 9.79 Å². The lowest BCUT2D eigenvalue weighted by atomic mass is 10.0. The van der Waals surface area contributed by atoms with E-state index >= 15 is 0 Å². The number of rotatable bonds is 5. The molecule has 0 saturated carbocycles. The number of aromatic amines is 1. The third-order valence-corrected chi connectivity index (χ3v) is 5.29. The molecule has 0 radical (unpaired) electrons. The molecule has 3 heterocycles. The quantitative estimate of drug-likeness (QED) is 0.443. The molecule has 176 valence electrons. The highest BCUT2D eigenvalue weighted by molar-refractivity contribution is 6.05. The Labute approximate surface area is 190 Å². The fourth-order valence-electron chi connectivity index (χ4n) is 4.01. The van der Waals surface area contributed by atoms with Crippen molar-refractivity contribution in [3.8, 4) is 5.75 Å². The van der Waals surface area contributed by atoms with Crippen LogP contribution < -0.4 is 4.74 Å². The predicted octanol–water partition coefficient (Wildman–Crippen LogP) is 5.92. The monoisotopic (exact) mass is 461 g/mol. The first kappa shape index (κ1) is 24.3. The van der Waals surface area contributed by atoms with Gasteiger partial charge in [0.2, 0.25) is 0 Å². The number of carbonyl (C=O) groups is 1. The number of alkyl halides is 3. The smallest absolute Gasteiger partial charge is 0.418 e. The average molecular weight is 461 g/mol. The van der Waals surface area contributed by atoms with Crippen LogP contribution in [0.25, 0.3) is 5.76 Å². The first-order valence-electron chi connectivity index (χ1n) is 10.4. The highest BCUT2D eigenvalue weighted by Gasteiger charge is 2.41. The Morgan fingerprint density at radius 1 is 1.06 bits per heavy atom. The highest BCUT2D eigenvalue weighted by atomic mass is 19.4. The van der Waals surface area contributed by atoms with Crippen LogP contribution >= 0.6 is 0 Å². The van der Waals surface area contributed by atoms with Gasteiger partial charge in [0.25, 0.3) is 0 Å². The van der Waals surface area contributed by atoms with Crippen LogP contribution in [0.5, 0.6) is 5.75 Å². The number of pyridine rings is 1. The maximum atomic E-state index is 13.7. The Balaban J connectivity index is 2.29. The molecular formula is C24H26F3N3O3. The first-order valence-corrected chi connectivity index (χ1v) is 10.4. The number of H-pyrrole nitrogens is 1. The van der Waals surface area contributed by atoms with Gasteiger partial charge < -0.3 is 14.5 Å². The van der Waals surface area contributed by atoms with E-state index in [1.807, 2.05) is 0 Å². The van der Waals surface area contributed by atoms with Crippen molar-refractivity contribution >= 4 is 17.4 Å². The molecule has 33 heavy (non-hydrogen) atoms. The topological polar surface area (TPSA) is 76.6 Å². The molecule has 1 aliphatic heterocycles. The molecule has 3 rings (SSSR count). The number of allylic oxidation sites excluding steroid dienone is 2. The fourth-order valence-corrected chi connectivity index (χ4v) is 4.01. The summed E-state index contributed by atoms with van der Waals surface area (Å²) in [4.78, 5) is 24.1. The Hall–Kier alpha value is -3.36. The van der Waals surface area contributed by atoms with Crippen molar-refractivity contribution in [2.24, 2.45) is 4.99 Å². The Kier molecular flexibility index (Phi) is 6.53. The number of esters is 1. The van der Waals surface area contributed by atoms with Crippen molar-refractivity contribution < 1.29 is 27.4 Å². The third-order valence-electron chi connectivity index (χ3n) is 5.29. The highest BCUT2D eigenvalue weighted by Crippen LogP contribution is 2.41. The second-order valence-electron chi connectivity index (χ2n) is 7.91. The van der Waals surface area contributed by atoms with Crippen molar-refractivity contribution in [3.63, 3.8) is 0 Å². The van der Waals surface area contributed by atoms with Crippen molar-refractivity contribution in [2.75, 3.05) is 6.61 Å². The molecule has 0 bridgehead atoms. The zero-order valence-corrected chi connectivity index (χ0v) is 19.6. The summed E-state index contributed by atoms with van der Waals surface area (Å²) in [6.45, 7) is 11.5. The Morgan fingerprint density at radius 2 is 1.67 bits per heavy atom. The number of aromatic nitrogens is 2. The number of hydrogen-bond acceptors (Lipinski definition) is 5. The van der Waals surface area contributed by atoms with Crippen LogP contribution in [-0.4, -0.2) is 34.4 Å². The molecule has 0 aromatic carbocycles. The summed E-state index contributed by atoms with van der Waals surface area (Å²) < 4.78 is 52.4. The standard InChI is InChI=1S/C24H26F3N3O3/c1-8-32-23(31)18-13(4)20(29-15(18)6)22(33-17-9-11(2)28-12(3)10-17)21-14(5)19(16(7)30-21)24(25,26)27/h9-10,29H,8H2,1-7H3. The van der Waals surface area contributed by atoms with Gasteiger partial charge in [0, 0.05) is 29.2 Å². The maximum absolute atomic E-state index is 13.7. The van der Waals surface area contributed by atoms with Crippen molar-refractivity contribution in [1.29, 1.82) is 0 Å². The van der Waals surface area contributed by atoms with E-state index in [-0.39, 0.29) is 29.3 Å². The number of hydrogen-bond donors (Lipinski definition) is 1. The van der Waals surface area contributed by atoms with Gasteiger partial charge in [0.15, 0.2) is 5.76 Å². The lowest BCUT2D eigenvalue weighted by molar-refractivity contribution is -0.0864. The Morgan fingerprint density at radius 3 is 2.18 bits per heavy atom. The average Bonchev–Trinajstić information content (AvgIpc) is 3.13. The molecule has 0 saturated heterocycles. The van der Waals surface area contributed by atoms with Gasteiger partial charge in [-0.3, -0.25) is 4.98 Å². The minimum absolute atomic E-state index is 0.0479. The molecule has 0 atom stereocenters. The van der Waals surface area contributed by atoms with Crippen molar-refractivity contribution in [2.45, 2.75) is 54.6 Å². The lowest BCUT2D eigenvalue weighted by Crippen LogP contribution is -2.17. The predicted molar refractivity (Wildman–Crippen MR) is 119 cm³/mol. The number of aryl methyl sites for hydroxylation is 3. The zero-order chi connectivity index (χ0) is 24.7. The van der Waals surface area contributed by atoms with E-state index in [2.05, 4.69) is 15.0 Å². The van der Waals surface area contributed by atoms with Crippen LogP contribution in [0, 0.1) is 27.7 Å². The molecular weight excluding hydrogens is 435 g/mol. The molecule has 0 spiro atoms. The molecule has 1 aliphatic rings. The zero-order valence-electron chi connectivity index (χ0n) is 19.6. The van der Waals surface area contributed by atoms with Crippen LogP contribution in [0.1, 0.15) is 59.5 Å². The minimum Gasteiger partial charge on any atom is -0.462 e. The molecule has 1 N–H and O–H groups in total. The SMILES string of the molecule is CCOC(=O)c1c(C)[nH]c(C(Oc2cc(C)nc(C)c2)=C2N=C(C)C(C(F)(F)F)=C2C)c1C. The van der Waals surface area contributed by atoms with Crippen LogP contribution in [-0.2, 0) is 4.74 Å². The molecule has 6 nitrogen and oxygen atoms in total. The summed E-state index contributed by atoms with van der Waals surface area (Å²) in [6, 6.07) is 3.36. The van der Waals surface area contributed by atoms with Gasteiger partial charge in [0.1, 0.15) is 11.4 Å². The number of nitrogens with zero attached hydrogens (tertiary/aromatic N) is 2. The minimum atomic E-state index is -4.56. The summed E-state index contributed by atoms with van der Waals surface area (Å²) in [5.74, 6) is -0.0375.